The van der Waals surface area contributed by atoms with E-state index in [4.69, 9.17) is 10.5 Å². The van der Waals surface area contributed by atoms with Crippen molar-refractivity contribution in [2.75, 3.05) is 13.2 Å². The van der Waals surface area contributed by atoms with Crippen LogP contribution >= 0.6 is 0 Å². The van der Waals surface area contributed by atoms with Crippen molar-refractivity contribution in [3.63, 3.8) is 0 Å². The number of ether oxygens (including phenoxy) is 1. The summed E-state index contributed by atoms with van der Waals surface area (Å²) in [7, 11) is -3.50. The molecule has 1 amide bonds. The van der Waals surface area contributed by atoms with E-state index in [9.17, 15) is 18.3 Å². The zero-order chi connectivity index (χ0) is 27.2. The Morgan fingerprint density at radius 3 is 2.55 bits per heavy atom. The highest BCUT2D eigenvalue weighted by atomic mass is 32.2. The third-order valence-electron chi connectivity index (χ3n) is 9.29. The molecule has 8 heteroatoms. The summed E-state index contributed by atoms with van der Waals surface area (Å²) in [4.78, 5) is 11.4. The van der Waals surface area contributed by atoms with Gasteiger partial charge in [-0.1, -0.05) is 59.6 Å². The summed E-state index contributed by atoms with van der Waals surface area (Å²) >= 11 is 0. The van der Waals surface area contributed by atoms with Gasteiger partial charge in [0.25, 0.3) is 0 Å². The lowest BCUT2D eigenvalue weighted by atomic mass is 9.78. The summed E-state index contributed by atoms with van der Waals surface area (Å²) in [5.74, 6) is -0.614. The highest BCUT2D eigenvalue weighted by Crippen LogP contribution is 2.41. The van der Waals surface area contributed by atoms with Crippen LogP contribution in [0.3, 0.4) is 0 Å². The van der Waals surface area contributed by atoms with E-state index in [1.54, 1.807) is 16.8 Å². The molecule has 2 saturated carbocycles. The topological polar surface area (TPSA) is 110 Å². The molecule has 1 aliphatic heterocycles. The fraction of sp³-hybridized carbons (Fsp3) is 0.900. The number of primary amides is 1. The van der Waals surface area contributed by atoms with Gasteiger partial charge in [0.2, 0.25) is 15.9 Å². The fourth-order valence-corrected chi connectivity index (χ4v) is 9.52. The third-order valence-corrected chi connectivity index (χ3v) is 11.8. The van der Waals surface area contributed by atoms with E-state index in [1.807, 2.05) is 6.92 Å². The number of hydrogen-bond acceptors (Lipinski definition) is 5. The molecule has 8 atom stereocenters. The SMILES string of the molecule is C.CC(CC(O)C1CCC(C)C(S(=O)(=O)N2CCOC3CCCC(C)C32)C1)C(N)=O.CCCC1=CCCC1. The fourth-order valence-electron chi connectivity index (χ4n) is 6.95. The van der Waals surface area contributed by atoms with Gasteiger partial charge in [-0.15, -0.1) is 0 Å². The first-order chi connectivity index (χ1) is 17.6. The van der Waals surface area contributed by atoms with Gasteiger partial charge in [0.15, 0.2) is 0 Å². The number of sulfonamides is 1. The molecule has 38 heavy (non-hydrogen) atoms. The lowest BCUT2D eigenvalue weighted by Gasteiger charge is -2.48. The molecule has 222 valence electrons. The Hall–Kier alpha value is -0.960. The van der Waals surface area contributed by atoms with E-state index in [2.05, 4.69) is 19.9 Å². The minimum atomic E-state index is -3.50. The summed E-state index contributed by atoms with van der Waals surface area (Å²) in [5.41, 5.74) is 7.04. The van der Waals surface area contributed by atoms with E-state index in [-0.39, 0.29) is 31.4 Å². The van der Waals surface area contributed by atoms with Crippen molar-refractivity contribution in [1.29, 1.82) is 0 Å². The maximum absolute atomic E-state index is 13.8. The Balaban J connectivity index is 0.000000482. The van der Waals surface area contributed by atoms with Gasteiger partial charge < -0.3 is 15.6 Å². The number of hydrogen-bond donors (Lipinski definition) is 2. The van der Waals surface area contributed by atoms with Crippen LogP contribution in [0.1, 0.15) is 112 Å². The van der Waals surface area contributed by atoms with Crippen LogP contribution in [0.5, 0.6) is 0 Å². The van der Waals surface area contributed by atoms with E-state index < -0.39 is 33.2 Å². The van der Waals surface area contributed by atoms with Crippen LogP contribution in [0.15, 0.2) is 11.6 Å². The van der Waals surface area contributed by atoms with Gasteiger partial charge >= 0.3 is 0 Å². The summed E-state index contributed by atoms with van der Waals surface area (Å²) < 4.78 is 35.2. The largest absolute Gasteiger partial charge is 0.393 e. The zero-order valence-corrected chi connectivity index (χ0v) is 24.4. The van der Waals surface area contributed by atoms with Crippen molar-refractivity contribution in [3.8, 4) is 0 Å². The number of morpholine rings is 1. The first-order valence-electron chi connectivity index (χ1n) is 14.8. The number of amides is 1. The van der Waals surface area contributed by atoms with Crippen LogP contribution < -0.4 is 5.73 Å². The molecule has 0 aromatic rings. The number of carbonyl (C=O) groups is 1. The van der Waals surface area contributed by atoms with E-state index in [1.165, 1.54) is 32.1 Å². The van der Waals surface area contributed by atoms with Gasteiger partial charge in [-0.25, -0.2) is 8.42 Å². The van der Waals surface area contributed by atoms with Crippen molar-refractivity contribution in [2.45, 2.75) is 136 Å². The average Bonchev–Trinajstić information content (AvgIpc) is 3.38. The van der Waals surface area contributed by atoms with Gasteiger partial charge in [0, 0.05) is 12.5 Å². The second kappa shape index (κ2) is 15.2. The number of carbonyl (C=O) groups excluding carboxylic acids is 1. The van der Waals surface area contributed by atoms with E-state index >= 15 is 0 Å². The van der Waals surface area contributed by atoms with Crippen LogP contribution in [0.25, 0.3) is 0 Å². The van der Waals surface area contributed by atoms with Gasteiger partial charge in [-0.3, -0.25) is 4.79 Å². The Morgan fingerprint density at radius 1 is 1.18 bits per heavy atom. The Kier molecular flexibility index (Phi) is 13.3. The predicted molar refractivity (Wildman–Crippen MR) is 155 cm³/mol. The summed E-state index contributed by atoms with van der Waals surface area (Å²) in [5, 5.41) is 10.2. The number of fused-ring (bicyclic) bond motifs is 1. The lowest BCUT2D eigenvalue weighted by molar-refractivity contribution is -0.122. The maximum Gasteiger partial charge on any atom is 0.220 e. The molecule has 4 rings (SSSR count). The van der Waals surface area contributed by atoms with E-state index in [0.29, 0.717) is 31.9 Å². The molecule has 3 fully saturated rings. The standard InChI is InChI=1S/C21H38N2O5S.C8H14.CH4/c1-13-7-8-16(17(24)11-15(3)21(22)25)12-19(13)29(26,27)23-9-10-28-18-6-4-5-14(2)20(18)23;1-2-5-8-6-3-4-7-8;/h13-20,24H,4-12H2,1-3H3,(H2,22,25);6H,2-5,7H2,1H3;1H4. The van der Waals surface area contributed by atoms with Gasteiger partial charge in [0.1, 0.15) is 0 Å². The summed E-state index contributed by atoms with van der Waals surface area (Å²) in [6, 6.07) is -0.0742. The third kappa shape index (κ3) is 8.28. The summed E-state index contributed by atoms with van der Waals surface area (Å²) in [6.07, 6.45) is 13.8. The number of nitrogens with two attached hydrogens (primary N) is 1. The molecule has 3 N–H and O–H groups in total. The molecular weight excluding hydrogens is 500 g/mol. The number of aliphatic hydroxyl groups excluding tert-OH is 1. The van der Waals surface area contributed by atoms with Crippen molar-refractivity contribution in [2.24, 2.45) is 29.4 Å². The number of rotatable bonds is 8. The normalized spacial score (nSPS) is 33.6. The van der Waals surface area contributed by atoms with Crippen molar-refractivity contribution < 1.29 is 23.1 Å². The second-order valence-corrected chi connectivity index (χ2v) is 14.3. The number of allylic oxidation sites excluding steroid dienone is 2. The number of nitrogens with zero attached hydrogens (tertiary/aromatic N) is 1. The van der Waals surface area contributed by atoms with Crippen molar-refractivity contribution >= 4 is 15.9 Å². The van der Waals surface area contributed by atoms with E-state index in [0.717, 1.165) is 32.1 Å². The average molecular weight is 557 g/mol. The molecule has 0 aromatic heterocycles. The molecular formula is C30H56N2O5S. The molecule has 8 unspecified atom stereocenters. The Labute approximate surface area is 233 Å². The zero-order valence-electron chi connectivity index (χ0n) is 23.6. The lowest BCUT2D eigenvalue weighted by Crippen LogP contribution is -2.60. The quantitative estimate of drug-likeness (QED) is 0.388. The van der Waals surface area contributed by atoms with Crippen molar-refractivity contribution in [3.05, 3.63) is 11.6 Å². The van der Waals surface area contributed by atoms with Crippen LogP contribution in [0, 0.1) is 23.7 Å². The Morgan fingerprint density at radius 2 is 1.92 bits per heavy atom. The van der Waals surface area contributed by atoms with Crippen molar-refractivity contribution in [1.82, 2.24) is 4.31 Å². The van der Waals surface area contributed by atoms with Gasteiger partial charge in [-0.2, -0.15) is 4.31 Å². The molecule has 1 heterocycles. The highest BCUT2D eigenvalue weighted by Gasteiger charge is 2.49. The predicted octanol–water partition coefficient (Wildman–Crippen LogP) is 5.42. The molecule has 3 aliphatic carbocycles. The molecule has 1 saturated heterocycles. The monoisotopic (exact) mass is 556 g/mol. The summed E-state index contributed by atoms with van der Waals surface area (Å²) in [6.45, 7) is 8.98. The molecule has 0 spiro atoms. The molecule has 0 radical (unpaired) electrons. The van der Waals surface area contributed by atoms with Gasteiger partial charge in [0.05, 0.1) is 30.1 Å². The van der Waals surface area contributed by atoms with Crippen LogP contribution in [0.2, 0.25) is 0 Å². The maximum atomic E-state index is 13.8. The van der Waals surface area contributed by atoms with Crippen LogP contribution in [-0.2, 0) is 19.6 Å². The minimum absolute atomic E-state index is 0. The molecule has 7 nitrogen and oxygen atoms in total. The molecule has 0 aromatic carbocycles. The number of aliphatic hydroxyl groups is 1. The first kappa shape index (κ1) is 33.2. The highest BCUT2D eigenvalue weighted by molar-refractivity contribution is 7.89. The Bertz CT molecular complexity index is 874. The van der Waals surface area contributed by atoms with Crippen LogP contribution in [-0.4, -0.2) is 60.4 Å². The first-order valence-corrected chi connectivity index (χ1v) is 16.3. The van der Waals surface area contributed by atoms with Gasteiger partial charge in [-0.05, 0) is 82.0 Å². The second-order valence-electron chi connectivity index (χ2n) is 12.2. The molecule has 0 bridgehead atoms. The minimum Gasteiger partial charge on any atom is -0.393 e. The van der Waals surface area contributed by atoms with Crippen LogP contribution in [0.4, 0.5) is 0 Å². The molecule has 4 aliphatic rings. The smallest absolute Gasteiger partial charge is 0.220 e.